The number of benzene rings is 6. The summed E-state index contributed by atoms with van der Waals surface area (Å²) in [6.45, 7) is 0. The van der Waals surface area contributed by atoms with Gasteiger partial charge in [-0.1, -0.05) is 84.3 Å². The Morgan fingerprint density at radius 2 is 0.763 bits per heavy atom. The Balaban J connectivity index is 1.45. The van der Waals surface area contributed by atoms with Gasteiger partial charge >= 0.3 is 0 Å². The van der Waals surface area contributed by atoms with Crippen LogP contribution in [-0.2, 0) is 0 Å². The average Bonchev–Trinajstić information content (AvgIpc) is 2.96. The summed E-state index contributed by atoms with van der Waals surface area (Å²) in [5, 5.41) is 25.5. The first-order valence-corrected chi connectivity index (χ1v) is 12.3. The molecule has 0 aromatic heterocycles. The molecule has 6 aromatic rings. The van der Waals surface area contributed by atoms with Gasteiger partial charge < -0.3 is 10.2 Å². The lowest BCUT2D eigenvalue weighted by atomic mass is 9.91. The van der Waals surface area contributed by atoms with Crippen molar-refractivity contribution in [2.24, 2.45) is 0 Å². The molecule has 2 N–H and O–H groups in total. The van der Waals surface area contributed by atoms with Gasteiger partial charge in [-0.15, -0.1) is 0 Å². The molecule has 38 heavy (non-hydrogen) atoms. The standard InChI is InChI=1S/C36H22O2/c37-33-21-17-29-23-27(13-11-25-7-3-1-4-8-25)15-19-31(29)35(33)36-32-20-16-28(24-30(32)18-22-34(36)38)14-12-26-9-5-2-6-10-26/h1-10,15-24,37-38H. The SMILES string of the molecule is Oc1ccc2cc(C#Cc3ccccc3)ccc2c1-c1c(O)ccc2cc(C#Cc3ccccc3)ccc12. The number of aromatic hydroxyl groups is 2. The maximum atomic E-state index is 11.0. The van der Waals surface area contributed by atoms with E-state index in [0.29, 0.717) is 11.1 Å². The molecule has 178 valence electrons. The topological polar surface area (TPSA) is 40.5 Å². The summed E-state index contributed by atoms with van der Waals surface area (Å²) in [5.41, 5.74) is 4.84. The fourth-order valence-corrected chi connectivity index (χ4v) is 4.65. The highest BCUT2D eigenvalue weighted by molar-refractivity contribution is 6.10. The number of hydrogen-bond acceptors (Lipinski definition) is 2. The van der Waals surface area contributed by atoms with Gasteiger partial charge in [0.2, 0.25) is 0 Å². The van der Waals surface area contributed by atoms with Gasteiger partial charge in [0.25, 0.3) is 0 Å². The van der Waals surface area contributed by atoms with Gasteiger partial charge in [-0.25, -0.2) is 0 Å². The van der Waals surface area contributed by atoms with Crippen molar-refractivity contribution in [3.63, 3.8) is 0 Å². The molecule has 0 fully saturated rings. The maximum Gasteiger partial charge on any atom is 0.124 e. The van der Waals surface area contributed by atoms with Crippen molar-refractivity contribution >= 4 is 21.5 Å². The van der Waals surface area contributed by atoms with E-state index in [4.69, 9.17) is 0 Å². The van der Waals surface area contributed by atoms with Gasteiger partial charge in [0.15, 0.2) is 0 Å². The minimum atomic E-state index is 0.108. The third kappa shape index (κ3) is 4.56. The molecule has 0 aliphatic heterocycles. The molecule has 0 saturated heterocycles. The van der Waals surface area contributed by atoms with Crippen molar-refractivity contribution in [3.05, 3.63) is 144 Å². The number of phenolic OH excluding ortho intramolecular Hbond substituents is 2. The second kappa shape index (κ2) is 9.90. The first kappa shape index (κ1) is 23.0. The second-order valence-corrected chi connectivity index (χ2v) is 9.02. The lowest BCUT2D eigenvalue weighted by Crippen LogP contribution is -1.88. The Hall–Kier alpha value is -5.44. The van der Waals surface area contributed by atoms with Crippen LogP contribution in [0.1, 0.15) is 22.3 Å². The molecular weight excluding hydrogens is 464 g/mol. The molecule has 0 radical (unpaired) electrons. The van der Waals surface area contributed by atoms with Crippen LogP contribution in [-0.4, -0.2) is 10.2 Å². The van der Waals surface area contributed by atoms with E-state index < -0.39 is 0 Å². The molecule has 6 aromatic carbocycles. The van der Waals surface area contributed by atoms with Gasteiger partial charge in [0, 0.05) is 33.4 Å². The number of rotatable bonds is 1. The summed E-state index contributed by atoms with van der Waals surface area (Å²) >= 11 is 0. The van der Waals surface area contributed by atoms with Crippen molar-refractivity contribution < 1.29 is 10.2 Å². The van der Waals surface area contributed by atoms with E-state index in [-0.39, 0.29) is 11.5 Å². The van der Waals surface area contributed by atoms with Crippen LogP contribution in [0.25, 0.3) is 32.7 Å². The highest BCUT2D eigenvalue weighted by atomic mass is 16.3. The molecule has 0 heterocycles. The van der Waals surface area contributed by atoms with Crippen molar-refractivity contribution in [2.75, 3.05) is 0 Å². The van der Waals surface area contributed by atoms with Crippen molar-refractivity contribution in [2.45, 2.75) is 0 Å². The van der Waals surface area contributed by atoms with Crippen molar-refractivity contribution in [3.8, 4) is 46.3 Å². The van der Waals surface area contributed by atoms with Crippen molar-refractivity contribution in [1.29, 1.82) is 0 Å². The highest BCUT2D eigenvalue weighted by Gasteiger charge is 2.17. The average molecular weight is 487 g/mol. The Morgan fingerprint density at radius 3 is 1.18 bits per heavy atom. The summed E-state index contributed by atoms with van der Waals surface area (Å²) in [6, 6.07) is 38.6. The van der Waals surface area contributed by atoms with Gasteiger partial charge in [-0.05, 0) is 82.2 Å². The Morgan fingerprint density at radius 1 is 0.368 bits per heavy atom. The van der Waals surface area contributed by atoms with E-state index in [0.717, 1.165) is 43.8 Å². The smallest absolute Gasteiger partial charge is 0.124 e. The van der Waals surface area contributed by atoms with E-state index in [1.165, 1.54) is 0 Å². The zero-order valence-electron chi connectivity index (χ0n) is 20.4. The van der Waals surface area contributed by atoms with Crippen LogP contribution < -0.4 is 0 Å². The number of fused-ring (bicyclic) bond motifs is 2. The molecule has 0 atom stereocenters. The predicted molar refractivity (Wildman–Crippen MR) is 155 cm³/mol. The molecule has 0 amide bonds. The highest BCUT2D eigenvalue weighted by Crippen LogP contribution is 2.44. The maximum absolute atomic E-state index is 11.0. The van der Waals surface area contributed by atoms with Crippen molar-refractivity contribution in [1.82, 2.24) is 0 Å². The zero-order chi connectivity index (χ0) is 25.9. The molecule has 0 spiro atoms. The van der Waals surface area contributed by atoms with Crippen LogP contribution in [0.15, 0.2) is 121 Å². The molecule has 2 heteroatoms. The first-order chi connectivity index (χ1) is 18.7. The summed E-state index contributed by atoms with van der Waals surface area (Å²) < 4.78 is 0. The molecule has 2 nitrogen and oxygen atoms in total. The van der Waals surface area contributed by atoms with Gasteiger partial charge in [0.1, 0.15) is 11.5 Å². The molecule has 0 unspecified atom stereocenters. The van der Waals surface area contributed by atoms with Gasteiger partial charge in [-0.2, -0.15) is 0 Å². The molecule has 0 saturated carbocycles. The van der Waals surface area contributed by atoms with Crippen LogP contribution >= 0.6 is 0 Å². The summed E-state index contributed by atoms with van der Waals surface area (Å²) in [6.07, 6.45) is 0. The van der Waals surface area contributed by atoms with E-state index in [1.807, 2.05) is 109 Å². The monoisotopic (exact) mass is 486 g/mol. The van der Waals surface area contributed by atoms with Crippen LogP contribution in [0.5, 0.6) is 11.5 Å². The quantitative estimate of drug-likeness (QED) is 0.232. The molecule has 0 aliphatic rings. The summed E-state index contributed by atoms with van der Waals surface area (Å²) in [7, 11) is 0. The summed E-state index contributed by atoms with van der Waals surface area (Å²) in [5.74, 6) is 13.0. The zero-order valence-corrected chi connectivity index (χ0v) is 20.4. The van der Waals surface area contributed by atoms with E-state index in [2.05, 4.69) is 23.7 Å². The molecule has 0 aliphatic carbocycles. The lowest BCUT2D eigenvalue weighted by molar-refractivity contribution is 0.470. The minimum Gasteiger partial charge on any atom is -0.507 e. The molecule has 6 rings (SSSR count). The Bertz CT molecular complexity index is 1790. The van der Waals surface area contributed by atoms with E-state index in [1.54, 1.807) is 12.1 Å². The minimum absolute atomic E-state index is 0.108. The lowest BCUT2D eigenvalue weighted by Gasteiger charge is -2.14. The Kier molecular flexibility index (Phi) is 5.99. The number of phenols is 2. The van der Waals surface area contributed by atoms with E-state index in [9.17, 15) is 10.2 Å². The second-order valence-electron chi connectivity index (χ2n) is 9.02. The first-order valence-electron chi connectivity index (χ1n) is 12.3. The fraction of sp³-hybridized carbons (Fsp3) is 0. The molecule has 0 bridgehead atoms. The molecular formula is C36H22O2. The van der Waals surface area contributed by atoms with Crippen LogP contribution in [0, 0.1) is 23.7 Å². The normalized spacial score (nSPS) is 10.4. The van der Waals surface area contributed by atoms with Crippen LogP contribution in [0.4, 0.5) is 0 Å². The van der Waals surface area contributed by atoms with Gasteiger partial charge in [0.05, 0.1) is 0 Å². The van der Waals surface area contributed by atoms with E-state index >= 15 is 0 Å². The third-order valence-corrected chi connectivity index (χ3v) is 6.50. The fourth-order valence-electron chi connectivity index (χ4n) is 4.65. The third-order valence-electron chi connectivity index (χ3n) is 6.50. The number of hydrogen-bond donors (Lipinski definition) is 2. The summed E-state index contributed by atoms with van der Waals surface area (Å²) in [4.78, 5) is 0. The largest absolute Gasteiger partial charge is 0.507 e. The van der Waals surface area contributed by atoms with Crippen LogP contribution in [0.3, 0.4) is 0 Å². The predicted octanol–water partition coefficient (Wildman–Crippen LogP) is 7.87. The van der Waals surface area contributed by atoms with Gasteiger partial charge in [-0.3, -0.25) is 0 Å². The van der Waals surface area contributed by atoms with Crippen LogP contribution in [0.2, 0.25) is 0 Å². The Labute approximate surface area is 221 Å².